The number of ether oxygens (including phenoxy) is 1. The van der Waals surface area contributed by atoms with Gasteiger partial charge in [0.05, 0.1) is 22.1 Å². The van der Waals surface area contributed by atoms with Crippen molar-refractivity contribution in [3.63, 3.8) is 0 Å². The van der Waals surface area contributed by atoms with Crippen LogP contribution in [0, 0.1) is 0 Å². The molecule has 0 bridgehead atoms. The van der Waals surface area contributed by atoms with E-state index in [2.05, 4.69) is 15.0 Å². The number of aromatic amines is 1. The van der Waals surface area contributed by atoms with Gasteiger partial charge >= 0.3 is 5.97 Å². The van der Waals surface area contributed by atoms with Crippen LogP contribution in [0.15, 0.2) is 71.5 Å². The molecule has 28 heavy (non-hydrogen) atoms. The summed E-state index contributed by atoms with van der Waals surface area (Å²) in [5.74, 6) is -0.243. The van der Waals surface area contributed by atoms with E-state index in [-0.39, 0.29) is 5.56 Å². The van der Waals surface area contributed by atoms with Crippen molar-refractivity contribution in [2.24, 2.45) is 0 Å². The number of pyridine rings is 1. The maximum Gasteiger partial charge on any atom is 0.331 e. The van der Waals surface area contributed by atoms with Gasteiger partial charge in [-0.05, 0) is 37.3 Å². The van der Waals surface area contributed by atoms with Gasteiger partial charge in [0.25, 0.3) is 5.56 Å². The Hall–Kier alpha value is -3.80. The minimum atomic E-state index is -0.695. The van der Waals surface area contributed by atoms with E-state index >= 15 is 0 Å². The molecule has 0 aliphatic rings. The van der Waals surface area contributed by atoms with E-state index in [1.807, 2.05) is 36.4 Å². The molecule has 0 aliphatic heterocycles. The summed E-state index contributed by atoms with van der Waals surface area (Å²) in [7, 11) is 0. The van der Waals surface area contributed by atoms with Gasteiger partial charge < -0.3 is 9.72 Å². The van der Waals surface area contributed by atoms with Gasteiger partial charge in [-0.25, -0.2) is 14.8 Å². The predicted molar refractivity (Wildman–Crippen MR) is 108 cm³/mol. The maximum atomic E-state index is 12.2. The van der Waals surface area contributed by atoms with Crippen LogP contribution in [0.4, 0.5) is 0 Å². The fourth-order valence-electron chi connectivity index (χ4n) is 2.89. The molecule has 2 heterocycles. The van der Waals surface area contributed by atoms with Crippen LogP contribution in [0.3, 0.4) is 0 Å². The summed E-state index contributed by atoms with van der Waals surface area (Å²) < 4.78 is 5.36. The first-order chi connectivity index (χ1) is 13.6. The summed E-state index contributed by atoms with van der Waals surface area (Å²) in [6, 6.07) is 18.5. The highest BCUT2D eigenvalue weighted by Gasteiger charge is 2.14. The van der Waals surface area contributed by atoms with Crippen LogP contribution in [0.1, 0.15) is 24.5 Å². The maximum absolute atomic E-state index is 12.2. The van der Waals surface area contributed by atoms with Crippen molar-refractivity contribution in [1.82, 2.24) is 15.0 Å². The molecule has 2 aromatic heterocycles. The van der Waals surface area contributed by atoms with Gasteiger partial charge in [-0.3, -0.25) is 4.79 Å². The number of H-pyrrole nitrogens is 1. The van der Waals surface area contributed by atoms with E-state index in [1.54, 1.807) is 37.3 Å². The largest absolute Gasteiger partial charge is 0.451 e. The third kappa shape index (κ3) is 3.66. The second kappa shape index (κ2) is 7.44. The van der Waals surface area contributed by atoms with E-state index in [4.69, 9.17) is 4.74 Å². The second-order valence-electron chi connectivity index (χ2n) is 6.31. The van der Waals surface area contributed by atoms with Crippen molar-refractivity contribution in [2.75, 3.05) is 0 Å². The van der Waals surface area contributed by atoms with Gasteiger partial charge in [-0.1, -0.05) is 36.4 Å². The summed E-state index contributed by atoms with van der Waals surface area (Å²) in [6.45, 7) is 1.66. The Kier molecular flexibility index (Phi) is 4.68. The number of carbonyl (C=O) groups excluding carboxylic acids is 1. The first-order valence-corrected chi connectivity index (χ1v) is 8.83. The fourth-order valence-corrected chi connectivity index (χ4v) is 2.89. The first-order valence-electron chi connectivity index (χ1n) is 8.83. The molecule has 6 nitrogen and oxygen atoms in total. The molecule has 0 fully saturated rings. The number of rotatable bonds is 4. The van der Waals surface area contributed by atoms with Crippen molar-refractivity contribution in [1.29, 1.82) is 0 Å². The number of hydrogen-bond donors (Lipinski definition) is 1. The zero-order chi connectivity index (χ0) is 19.5. The van der Waals surface area contributed by atoms with Crippen LogP contribution in [0.5, 0.6) is 0 Å². The third-order valence-electron chi connectivity index (χ3n) is 4.32. The number of hydrogen-bond acceptors (Lipinski definition) is 5. The number of benzene rings is 2. The molecule has 1 N–H and O–H groups in total. The highest BCUT2D eigenvalue weighted by Crippen LogP contribution is 2.16. The number of fused-ring (bicyclic) bond motifs is 2. The molecule has 0 spiro atoms. The molecule has 0 saturated heterocycles. The molecular weight excluding hydrogens is 354 g/mol. The van der Waals surface area contributed by atoms with Gasteiger partial charge in [-0.15, -0.1) is 0 Å². The molecular formula is C22H17N3O3. The Labute approximate surface area is 160 Å². The standard InChI is InChI=1S/C22H17N3O3/c1-14(21-24-19-9-5-3-7-17(19)22(27)25-21)28-20(26)13-12-16-11-10-15-6-2-4-8-18(15)23-16/h2-14H,1H3,(H,24,25,27)/b13-12+/t14-/m1/s1. The minimum Gasteiger partial charge on any atom is -0.451 e. The number of aromatic nitrogens is 3. The highest BCUT2D eigenvalue weighted by molar-refractivity contribution is 5.87. The average molecular weight is 371 g/mol. The van der Waals surface area contributed by atoms with E-state index in [0.717, 1.165) is 10.9 Å². The molecule has 0 saturated carbocycles. The molecule has 0 aliphatic carbocycles. The number of carbonyl (C=O) groups is 1. The van der Waals surface area contributed by atoms with Crippen molar-refractivity contribution in [3.05, 3.63) is 88.6 Å². The molecule has 4 rings (SSSR count). The number of para-hydroxylation sites is 2. The van der Waals surface area contributed by atoms with E-state index in [0.29, 0.717) is 22.4 Å². The normalized spacial score (nSPS) is 12.5. The van der Waals surface area contributed by atoms with Crippen molar-refractivity contribution in [2.45, 2.75) is 13.0 Å². The zero-order valence-corrected chi connectivity index (χ0v) is 15.1. The smallest absolute Gasteiger partial charge is 0.331 e. The van der Waals surface area contributed by atoms with E-state index in [1.165, 1.54) is 6.08 Å². The summed E-state index contributed by atoms with van der Waals surface area (Å²) in [4.78, 5) is 35.8. The van der Waals surface area contributed by atoms with Gasteiger partial charge in [-0.2, -0.15) is 0 Å². The number of nitrogens with one attached hydrogen (secondary N) is 1. The quantitative estimate of drug-likeness (QED) is 0.436. The summed E-state index contributed by atoms with van der Waals surface area (Å²) in [6.07, 6.45) is 2.21. The monoisotopic (exact) mass is 371 g/mol. The van der Waals surface area contributed by atoms with Crippen LogP contribution in [-0.2, 0) is 9.53 Å². The second-order valence-corrected chi connectivity index (χ2v) is 6.31. The van der Waals surface area contributed by atoms with Crippen molar-refractivity contribution in [3.8, 4) is 0 Å². The van der Waals surface area contributed by atoms with Gasteiger partial charge in [0, 0.05) is 11.5 Å². The topological polar surface area (TPSA) is 84.9 Å². The first kappa shape index (κ1) is 17.6. The fraction of sp³-hybridized carbons (Fsp3) is 0.0909. The molecule has 2 aromatic carbocycles. The Morgan fingerprint density at radius 1 is 1.00 bits per heavy atom. The minimum absolute atomic E-state index is 0.264. The van der Waals surface area contributed by atoms with Crippen LogP contribution < -0.4 is 5.56 Å². The van der Waals surface area contributed by atoms with Crippen LogP contribution in [0.25, 0.3) is 27.9 Å². The van der Waals surface area contributed by atoms with Gasteiger partial charge in [0.2, 0.25) is 0 Å². The van der Waals surface area contributed by atoms with E-state index < -0.39 is 12.1 Å². The molecule has 6 heteroatoms. The number of esters is 1. The van der Waals surface area contributed by atoms with Crippen molar-refractivity contribution < 1.29 is 9.53 Å². The van der Waals surface area contributed by atoms with E-state index in [9.17, 15) is 9.59 Å². The molecule has 0 radical (unpaired) electrons. The van der Waals surface area contributed by atoms with Gasteiger partial charge in [0.15, 0.2) is 11.9 Å². The molecule has 4 aromatic rings. The lowest BCUT2D eigenvalue weighted by molar-refractivity contribution is -0.142. The average Bonchev–Trinajstić information content (AvgIpc) is 2.72. The Bertz CT molecular complexity index is 1260. The van der Waals surface area contributed by atoms with Crippen LogP contribution in [-0.4, -0.2) is 20.9 Å². The molecule has 0 amide bonds. The Morgan fingerprint density at radius 2 is 1.75 bits per heavy atom. The molecule has 138 valence electrons. The summed E-state index contributed by atoms with van der Waals surface area (Å²) >= 11 is 0. The Balaban J connectivity index is 1.49. The predicted octanol–water partition coefficient (Wildman–Crippen LogP) is 3.79. The van der Waals surface area contributed by atoms with Crippen LogP contribution in [0.2, 0.25) is 0 Å². The summed E-state index contributed by atoms with van der Waals surface area (Å²) in [5.41, 5.74) is 1.80. The lowest BCUT2D eigenvalue weighted by Crippen LogP contribution is -2.16. The highest BCUT2D eigenvalue weighted by atomic mass is 16.5. The van der Waals surface area contributed by atoms with Crippen molar-refractivity contribution >= 4 is 33.9 Å². The summed E-state index contributed by atoms with van der Waals surface area (Å²) in [5, 5.41) is 1.52. The van der Waals surface area contributed by atoms with Crippen LogP contribution >= 0.6 is 0 Å². The van der Waals surface area contributed by atoms with Gasteiger partial charge in [0.1, 0.15) is 0 Å². The molecule has 1 atom stereocenters. The Morgan fingerprint density at radius 3 is 2.61 bits per heavy atom. The number of nitrogens with zero attached hydrogens (tertiary/aromatic N) is 2. The molecule has 0 unspecified atom stereocenters. The third-order valence-corrected chi connectivity index (χ3v) is 4.32. The lowest BCUT2D eigenvalue weighted by Gasteiger charge is -2.11. The SMILES string of the molecule is C[C@@H](OC(=O)/C=C/c1ccc2ccccc2n1)c1nc2ccccc2c(=O)[nH]1. The lowest BCUT2D eigenvalue weighted by atomic mass is 10.2. The zero-order valence-electron chi connectivity index (χ0n) is 15.1.